The molecule has 184 valence electrons. The standard InChI is InChI=1S/C29H30N4O3/c34-25-10-8-23-15-22(7-9-24(23)30-25)19-1-3-20(4-2-19)26-31-29(12-13-29)28(36)33(26)17-18-11-14-32(16-18)27(35)21-5-6-21/h1-4,7,9,15,18,21H,5-6,8,10-14,16-17H2,(H,30,34). The van der Waals surface area contributed by atoms with Crippen molar-refractivity contribution in [3.05, 3.63) is 53.6 Å². The van der Waals surface area contributed by atoms with E-state index in [9.17, 15) is 14.4 Å². The van der Waals surface area contributed by atoms with Crippen LogP contribution in [0.3, 0.4) is 0 Å². The van der Waals surface area contributed by atoms with Gasteiger partial charge in [0.05, 0.1) is 0 Å². The lowest BCUT2D eigenvalue weighted by Crippen LogP contribution is -2.40. The number of benzene rings is 2. The molecule has 0 radical (unpaired) electrons. The Hall–Kier alpha value is -3.48. The van der Waals surface area contributed by atoms with Crippen molar-refractivity contribution in [2.75, 3.05) is 25.0 Å². The molecule has 3 amide bonds. The molecule has 3 fully saturated rings. The van der Waals surface area contributed by atoms with Gasteiger partial charge in [0.2, 0.25) is 11.8 Å². The Labute approximate surface area is 210 Å². The lowest BCUT2D eigenvalue weighted by Gasteiger charge is -2.23. The van der Waals surface area contributed by atoms with Gasteiger partial charge in [-0.1, -0.05) is 30.3 Å². The topological polar surface area (TPSA) is 82.1 Å². The van der Waals surface area contributed by atoms with Crippen molar-refractivity contribution in [2.24, 2.45) is 16.8 Å². The number of amidine groups is 1. The first kappa shape index (κ1) is 21.8. The first-order chi connectivity index (χ1) is 17.5. The molecule has 1 unspecified atom stereocenters. The van der Waals surface area contributed by atoms with E-state index in [4.69, 9.17) is 4.99 Å². The first-order valence-corrected chi connectivity index (χ1v) is 13.2. The first-order valence-electron chi connectivity index (χ1n) is 13.2. The van der Waals surface area contributed by atoms with Crippen LogP contribution in [0.25, 0.3) is 11.1 Å². The number of aryl methyl sites for hydroxylation is 1. The third-order valence-corrected chi connectivity index (χ3v) is 8.38. The highest BCUT2D eigenvalue weighted by Gasteiger charge is 2.57. The molecule has 1 saturated heterocycles. The zero-order chi connectivity index (χ0) is 24.4. The summed E-state index contributed by atoms with van der Waals surface area (Å²) in [5.74, 6) is 1.83. The number of carbonyl (C=O) groups excluding carboxylic acids is 3. The molecule has 0 bridgehead atoms. The number of carbonyl (C=O) groups is 3. The molecular formula is C29H30N4O3. The van der Waals surface area contributed by atoms with Gasteiger partial charge in [0.1, 0.15) is 11.4 Å². The van der Waals surface area contributed by atoms with Crippen LogP contribution in [-0.4, -0.2) is 58.5 Å². The molecule has 0 aromatic heterocycles. The maximum absolute atomic E-state index is 13.3. The molecular weight excluding hydrogens is 452 g/mol. The number of anilines is 1. The lowest BCUT2D eigenvalue weighted by atomic mass is 9.96. The highest BCUT2D eigenvalue weighted by atomic mass is 16.2. The maximum atomic E-state index is 13.3. The van der Waals surface area contributed by atoms with Crippen LogP contribution in [0.5, 0.6) is 0 Å². The molecule has 1 N–H and O–H groups in total. The van der Waals surface area contributed by atoms with Gasteiger partial charge in [0.25, 0.3) is 5.91 Å². The molecule has 5 aliphatic rings. The third kappa shape index (κ3) is 3.72. The zero-order valence-electron chi connectivity index (χ0n) is 20.3. The summed E-state index contributed by atoms with van der Waals surface area (Å²) in [6.45, 7) is 2.18. The minimum Gasteiger partial charge on any atom is -0.342 e. The number of aliphatic imine (C=N–C) groups is 1. The van der Waals surface area contributed by atoms with E-state index >= 15 is 0 Å². The van der Waals surface area contributed by atoms with Crippen LogP contribution in [0.15, 0.2) is 47.5 Å². The SMILES string of the molecule is O=C1CCc2cc(-c3ccc(C4=NC5(CC5)C(=O)N4CC4CCN(C(=O)C5CC5)C4)cc3)ccc2N1. The van der Waals surface area contributed by atoms with Gasteiger partial charge < -0.3 is 10.2 Å². The molecule has 3 heterocycles. The Morgan fingerprint density at radius 3 is 2.47 bits per heavy atom. The van der Waals surface area contributed by atoms with Crippen LogP contribution in [0, 0.1) is 11.8 Å². The van der Waals surface area contributed by atoms with Gasteiger partial charge >= 0.3 is 0 Å². The largest absolute Gasteiger partial charge is 0.342 e. The van der Waals surface area contributed by atoms with Crippen molar-refractivity contribution in [1.29, 1.82) is 0 Å². The Morgan fingerprint density at radius 2 is 1.72 bits per heavy atom. The summed E-state index contributed by atoms with van der Waals surface area (Å²) < 4.78 is 0. The van der Waals surface area contributed by atoms with Gasteiger partial charge in [-0.05, 0) is 73.3 Å². The van der Waals surface area contributed by atoms with Crippen LogP contribution < -0.4 is 5.32 Å². The van der Waals surface area contributed by atoms with Crippen molar-refractivity contribution in [3.63, 3.8) is 0 Å². The Bertz CT molecular complexity index is 1310. The monoisotopic (exact) mass is 482 g/mol. The van der Waals surface area contributed by atoms with E-state index < -0.39 is 5.54 Å². The minimum atomic E-state index is -0.543. The molecule has 2 saturated carbocycles. The van der Waals surface area contributed by atoms with Gasteiger partial charge in [0, 0.05) is 43.2 Å². The highest BCUT2D eigenvalue weighted by Crippen LogP contribution is 2.46. The van der Waals surface area contributed by atoms with Crippen LogP contribution in [-0.2, 0) is 20.8 Å². The zero-order valence-corrected chi connectivity index (χ0v) is 20.3. The van der Waals surface area contributed by atoms with Crippen LogP contribution >= 0.6 is 0 Å². The summed E-state index contributed by atoms with van der Waals surface area (Å²) in [4.78, 5) is 46.3. The summed E-state index contributed by atoms with van der Waals surface area (Å²) in [6.07, 6.45) is 5.94. The van der Waals surface area contributed by atoms with E-state index in [2.05, 4.69) is 35.6 Å². The summed E-state index contributed by atoms with van der Waals surface area (Å²) in [7, 11) is 0. The van der Waals surface area contributed by atoms with Gasteiger partial charge in [0.15, 0.2) is 0 Å². The molecule has 7 heteroatoms. The average Bonchev–Trinajstić information content (AvgIpc) is 3.82. The lowest BCUT2D eigenvalue weighted by molar-refractivity contribution is -0.131. The third-order valence-electron chi connectivity index (χ3n) is 8.38. The molecule has 7 rings (SSSR count). The maximum Gasteiger partial charge on any atom is 0.256 e. The number of nitrogens with zero attached hydrogens (tertiary/aromatic N) is 3. The number of fused-ring (bicyclic) bond motifs is 1. The number of hydrogen-bond acceptors (Lipinski definition) is 4. The van der Waals surface area contributed by atoms with Crippen LogP contribution in [0.4, 0.5) is 5.69 Å². The predicted molar refractivity (Wildman–Crippen MR) is 136 cm³/mol. The summed E-state index contributed by atoms with van der Waals surface area (Å²) in [6, 6.07) is 14.5. The predicted octanol–water partition coefficient (Wildman–Crippen LogP) is 3.62. The van der Waals surface area contributed by atoms with Crippen molar-refractivity contribution in [1.82, 2.24) is 9.80 Å². The molecule has 3 aliphatic heterocycles. The van der Waals surface area contributed by atoms with Crippen molar-refractivity contribution >= 4 is 29.2 Å². The second-order valence-electron chi connectivity index (χ2n) is 11.1. The Balaban J connectivity index is 1.10. The summed E-state index contributed by atoms with van der Waals surface area (Å²) in [5.41, 5.74) is 4.70. The number of likely N-dealkylation sites (tertiary alicyclic amines) is 1. The number of nitrogens with one attached hydrogen (secondary N) is 1. The molecule has 1 spiro atoms. The molecule has 2 aliphatic carbocycles. The van der Waals surface area contributed by atoms with Crippen LogP contribution in [0.1, 0.15) is 49.7 Å². The quantitative estimate of drug-likeness (QED) is 0.707. The van der Waals surface area contributed by atoms with E-state index in [1.807, 2.05) is 21.9 Å². The van der Waals surface area contributed by atoms with Gasteiger partial charge in [-0.2, -0.15) is 0 Å². The van der Waals surface area contributed by atoms with E-state index in [-0.39, 0.29) is 17.7 Å². The molecule has 36 heavy (non-hydrogen) atoms. The fourth-order valence-electron chi connectivity index (χ4n) is 5.90. The Morgan fingerprint density at radius 1 is 0.972 bits per heavy atom. The van der Waals surface area contributed by atoms with Gasteiger partial charge in [-0.15, -0.1) is 0 Å². The summed E-state index contributed by atoms with van der Waals surface area (Å²) >= 11 is 0. The second-order valence-corrected chi connectivity index (χ2v) is 11.1. The van der Waals surface area contributed by atoms with Crippen molar-refractivity contribution in [2.45, 2.75) is 50.5 Å². The van der Waals surface area contributed by atoms with Crippen molar-refractivity contribution in [3.8, 4) is 11.1 Å². The second kappa shape index (κ2) is 8.02. The fraction of sp³-hybridized carbons (Fsp3) is 0.448. The van der Waals surface area contributed by atoms with Gasteiger partial charge in [-0.25, -0.2) is 0 Å². The molecule has 7 nitrogen and oxygen atoms in total. The smallest absolute Gasteiger partial charge is 0.256 e. The van der Waals surface area contributed by atoms with E-state index in [0.717, 1.165) is 85.4 Å². The molecule has 1 atom stereocenters. The Kier molecular flexibility index (Phi) is 4.85. The average molecular weight is 483 g/mol. The summed E-state index contributed by atoms with van der Waals surface area (Å²) in [5, 5.41) is 2.94. The molecule has 2 aromatic rings. The van der Waals surface area contributed by atoms with Gasteiger partial charge in [-0.3, -0.25) is 24.3 Å². The fourth-order valence-corrected chi connectivity index (χ4v) is 5.90. The number of hydrogen-bond donors (Lipinski definition) is 1. The number of rotatable bonds is 5. The molecule has 2 aromatic carbocycles. The highest BCUT2D eigenvalue weighted by molar-refractivity contribution is 6.16. The number of amides is 3. The van der Waals surface area contributed by atoms with E-state index in [1.165, 1.54) is 0 Å². The van der Waals surface area contributed by atoms with Crippen molar-refractivity contribution < 1.29 is 14.4 Å². The van der Waals surface area contributed by atoms with E-state index in [1.54, 1.807) is 0 Å². The van der Waals surface area contributed by atoms with Crippen LogP contribution in [0.2, 0.25) is 0 Å². The minimum absolute atomic E-state index is 0.0734. The normalized spacial score (nSPS) is 24.1. The van der Waals surface area contributed by atoms with E-state index in [0.29, 0.717) is 24.8 Å².